The number of carbonyl (C=O) groups is 2. The minimum Gasteiger partial charge on any atom is -0.382 e. The van der Waals surface area contributed by atoms with Crippen molar-refractivity contribution in [3.63, 3.8) is 0 Å². The van der Waals surface area contributed by atoms with Crippen molar-refractivity contribution in [1.29, 1.82) is 0 Å². The lowest BCUT2D eigenvalue weighted by molar-refractivity contribution is 0.104. The molecule has 2 aromatic carbocycles. The van der Waals surface area contributed by atoms with Crippen LogP contribution in [0.1, 0.15) is 52.5 Å². The van der Waals surface area contributed by atoms with Crippen LogP contribution < -0.4 is 16.4 Å². The first kappa shape index (κ1) is 22.0. The maximum Gasteiger partial charge on any atom is 0.323 e. The summed E-state index contributed by atoms with van der Waals surface area (Å²) in [4.78, 5) is 30.0. The summed E-state index contributed by atoms with van der Waals surface area (Å²) in [6.07, 6.45) is 1.38. The molecule has 2 amide bonds. The van der Waals surface area contributed by atoms with Crippen LogP contribution in [0.4, 0.5) is 22.0 Å². The number of hydrogen-bond donors (Lipinski definition) is 3. The fraction of sp³-hybridized carbons (Fsp3) is 0.200. The van der Waals surface area contributed by atoms with Crippen LogP contribution in [-0.4, -0.2) is 26.4 Å². The molecule has 4 aromatic rings. The summed E-state index contributed by atoms with van der Waals surface area (Å²) < 4.78 is 1.67. The lowest BCUT2D eigenvalue weighted by atomic mass is 10.0. The van der Waals surface area contributed by atoms with Crippen molar-refractivity contribution in [3.8, 4) is 0 Å². The number of fused-ring (bicyclic) bond motifs is 1. The molecule has 0 aliphatic rings. The zero-order valence-electron chi connectivity index (χ0n) is 19.0. The molecular formula is C25H26N6O2. The molecule has 8 heteroatoms. The predicted molar refractivity (Wildman–Crippen MR) is 130 cm³/mol. The molecule has 0 radical (unpaired) electrons. The molecule has 0 aliphatic carbocycles. The van der Waals surface area contributed by atoms with E-state index in [9.17, 15) is 9.59 Å². The molecule has 0 unspecified atom stereocenters. The Kier molecular flexibility index (Phi) is 5.83. The maximum absolute atomic E-state index is 13.4. The van der Waals surface area contributed by atoms with Gasteiger partial charge in [-0.05, 0) is 49.6 Å². The number of nitrogens with one attached hydrogen (secondary N) is 2. The highest BCUT2D eigenvalue weighted by Gasteiger charge is 2.22. The smallest absolute Gasteiger partial charge is 0.323 e. The maximum atomic E-state index is 13.4. The van der Waals surface area contributed by atoms with E-state index < -0.39 is 0 Å². The predicted octanol–water partition coefficient (Wildman–Crippen LogP) is 4.93. The first-order valence-corrected chi connectivity index (χ1v) is 10.7. The zero-order chi connectivity index (χ0) is 23.7. The van der Waals surface area contributed by atoms with Crippen molar-refractivity contribution in [2.75, 3.05) is 16.4 Å². The van der Waals surface area contributed by atoms with Gasteiger partial charge in [-0.15, -0.1) is 0 Å². The number of amides is 2. The monoisotopic (exact) mass is 442 g/mol. The Hall–Kier alpha value is -4.20. The van der Waals surface area contributed by atoms with Crippen molar-refractivity contribution in [2.45, 2.75) is 33.6 Å². The van der Waals surface area contributed by atoms with E-state index >= 15 is 0 Å². The molecule has 0 bridgehead atoms. The highest BCUT2D eigenvalue weighted by Crippen LogP contribution is 2.27. The van der Waals surface area contributed by atoms with E-state index in [0.29, 0.717) is 22.3 Å². The molecule has 0 saturated heterocycles. The topological polar surface area (TPSA) is 114 Å². The van der Waals surface area contributed by atoms with Gasteiger partial charge >= 0.3 is 6.03 Å². The van der Waals surface area contributed by atoms with Gasteiger partial charge in [0.15, 0.2) is 11.6 Å². The molecule has 0 fully saturated rings. The molecule has 8 nitrogen and oxygen atoms in total. The molecule has 168 valence electrons. The van der Waals surface area contributed by atoms with Gasteiger partial charge in [-0.25, -0.2) is 14.3 Å². The number of nitrogens with zero attached hydrogens (tertiary/aromatic N) is 3. The standard InChI is InChI=1S/C25H26N6O2/c1-14(2)21-12-19(22-24(26)27-13-28-31(21)22)23(32)17-6-5-7-18(11-17)29-25(33)30-20-9-8-15(3)10-16(20)4/h5-14H,1-4H3,(H2,26,27,28)(H2,29,30,33). The van der Waals surface area contributed by atoms with E-state index in [-0.39, 0.29) is 23.6 Å². The number of urea groups is 1. The van der Waals surface area contributed by atoms with Crippen molar-refractivity contribution in [2.24, 2.45) is 0 Å². The molecule has 0 aliphatic heterocycles. The molecule has 33 heavy (non-hydrogen) atoms. The average Bonchev–Trinajstić information content (AvgIpc) is 3.17. The SMILES string of the molecule is Cc1ccc(NC(=O)Nc2cccc(C(=O)c3cc(C(C)C)n4ncnc(N)c34)c2)c(C)c1. The van der Waals surface area contributed by atoms with E-state index in [0.717, 1.165) is 22.5 Å². The second-order valence-electron chi connectivity index (χ2n) is 8.35. The number of ketones is 1. The fourth-order valence-electron chi connectivity index (χ4n) is 3.81. The first-order chi connectivity index (χ1) is 15.7. The number of nitrogen functional groups attached to an aromatic ring is 1. The van der Waals surface area contributed by atoms with E-state index in [4.69, 9.17) is 5.73 Å². The van der Waals surface area contributed by atoms with E-state index in [1.807, 2.05) is 45.9 Å². The quantitative estimate of drug-likeness (QED) is 0.379. The molecule has 4 N–H and O–H groups in total. The van der Waals surface area contributed by atoms with Crippen LogP contribution in [0, 0.1) is 13.8 Å². The molecule has 2 aromatic heterocycles. The third-order valence-corrected chi connectivity index (χ3v) is 5.46. The fourth-order valence-corrected chi connectivity index (χ4v) is 3.81. The van der Waals surface area contributed by atoms with Gasteiger partial charge in [-0.2, -0.15) is 5.10 Å². The van der Waals surface area contributed by atoms with Crippen LogP contribution in [0.3, 0.4) is 0 Å². The lowest BCUT2D eigenvalue weighted by Crippen LogP contribution is -2.20. The van der Waals surface area contributed by atoms with Crippen LogP contribution in [0.5, 0.6) is 0 Å². The third-order valence-electron chi connectivity index (χ3n) is 5.46. The van der Waals surface area contributed by atoms with Gasteiger partial charge in [0, 0.05) is 22.6 Å². The van der Waals surface area contributed by atoms with Crippen molar-refractivity contribution < 1.29 is 9.59 Å². The molecule has 0 spiro atoms. The summed E-state index contributed by atoms with van der Waals surface area (Å²) in [5.74, 6) is 0.150. The number of aryl methyl sites for hydroxylation is 2. The minimum absolute atomic E-state index is 0.135. The van der Waals surface area contributed by atoms with Gasteiger partial charge in [0.25, 0.3) is 0 Å². The number of nitrogens with two attached hydrogens (primary N) is 1. The summed E-state index contributed by atoms with van der Waals surface area (Å²) in [5, 5.41) is 9.91. The number of rotatable bonds is 5. The normalized spacial score (nSPS) is 11.1. The second kappa shape index (κ2) is 8.74. The van der Waals surface area contributed by atoms with Gasteiger partial charge < -0.3 is 16.4 Å². The van der Waals surface area contributed by atoms with Gasteiger partial charge in [0.05, 0.1) is 5.56 Å². The molecule has 2 heterocycles. The Balaban J connectivity index is 1.60. The Bertz CT molecular complexity index is 1370. The summed E-state index contributed by atoms with van der Waals surface area (Å²) in [5.41, 5.74) is 11.6. The van der Waals surface area contributed by atoms with Gasteiger partial charge in [0.2, 0.25) is 0 Å². The number of benzene rings is 2. The van der Waals surface area contributed by atoms with Crippen LogP contribution >= 0.6 is 0 Å². The second-order valence-corrected chi connectivity index (χ2v) is 8.35. The summed E-state index contributed by atoms with van der Waals surface area (Å²) in [6, 6.07) is 14.0. The largest absolute Gasteiger partial charge is 0.382 e. The van der Waals surface area contributed by atoms with Crippen LogP contribution in [0.2, 0.25) is 0 Å². The van der Waals surface area contributed by atoms with E-state index in [1.165, 1.54) is 6.33 Å². The lowest BCUT2D eigenvalue weighted by Gasteiger charge is -2.11. The number of aromatic nitrogens is 3. The third kappa shape index (κ3) is 4.41. The molecule has 0 atom stereocenters. The summed E-state index contributed by atoms with van der Waals surface area (Å²) >= 11 is 0. The molecule has 4 rings (SSSR count). The number of anilines is 3. The first-order valence-electron chi connectivity index (χ1n) is 10.7. The van der Waals surface area contributed by atoms with Crippen molar-refractivity contribution >= 4 is 34.5 Å². The number of hydrogen-bond acceptors (Lipinski definition) is 5. The summed E-state index contributed by atoms with van der Waals surface area (Å²) in [7, 11) is 0. The highest BCUT2D eigenvalue weighted by atomic mass is 16.2. The van der Waals surface area contributed by atoms with Crippen LogP contribution in [0.15, 0.2) is 54.9 Å². The van der Waals surface area contributed by atoms with Crippen LogP contribution in [0.25, 0.3) is 5.52 Å². The van der Waals surface area contributed by atoms with Crippen molar-refractivity contribution in [1.82, 2.24) is 14.6 Å². The summed E-state index contributed by atoms with van der Waals surface area (Å²) in [6.45, 7) is 7.98. The van der Waals surface area contributed by atoms with Gasteiger partial charge in [-0.1, -0.05) is 43.7 Å². The van der Waals surface area contributed by atoms with E-state index in [2.05, 4.69) is 20.7 Å². The van der Waals surface area contributed by atoms with Gasteiger partial charge in [-0.3, -0.25) is 4.79 Å². The Morgan fingerprint density at radius 2 is 1.82 bits per heavy atom. The Morgan fingerprint density at radius 1 is 1.03 bits per heavy atom. The minimum atomic E-state index is -0.388. The Morgan fingerprint density at radius 3 is 2.55 bits per heavy atom. The molecule has 0 saturated carbocycles. The van der Waals surface area contributed by atoms with Gasteiger partial charge in [0.1, 0.15) is 11.8 Å². The van der Waals surface area contributed by atoms with E-state index in [1.54, 1.807) is 34.8 Å². The Labute approximate surface area is 191 Å². The average molecular weight is 443 g/mol. The zero-order valence-corrected chi connectivity index (χ0v) is 19.0. The van der Waals surface area contributed by atoms with Crippen LogP contribution in [-0.2, 0) is 0 Å². The number of carbonyl (C=O) groups excluding carboxylic acids is 2. The highest BCUT2D eigenvalue weighted by molar-refractivity contribution is 6.15. The van der Waals surface area contributed by atoms with Crippen molar-refractivity contribution in [3.05, 3.63) is 82.8 Å². The molecular weight excluding hydrogens is 416 g/mol.